The zero-order chi connectivity index (χ0) is 21.6. The molecule has 156 valence electrons. The molecule has 1 aliphatic rings. The van der Waals surface area contributed by atoms with Crippen molar-refractivity contribution in [3.8, 4) is 5.75 Å². The molecule has 1 fully saturated rings. The van der Waals surface area contributed by atoms with E-state index in [0.717, 1.165) is 16.7 Å². The number of amides is 2. The largest absolute Gasteiger partial charge is 0.481 e. The number of ether oxygens (including phenoxy) is 3. The second kappa shape index (κ2) is 10.4. The Labute approximate surface area is 180 Å². The molecule has 1 atom stereocenters. The summed E-state index contributed by atoms with van der Waals surface area (Å²) >= 11 is 4.10. The van der Waals surface area contributed by atoms with Crippen LogP contribution in [0.2, 0.25) is 0 Å². The molecule has 29 heavy (non-hydrogen) atoms. The molecule has 0 unspecified atom stereocenters. The highest BCUT2D eigenvalue weighted by atomic mass is 79.9. The van der Waals surface area contributed by atoms with Gasteiger partial charge < -0.3 is 14.2 Å². The Kier molecular flexibility index (Phi) is 8.27. The van der Waals surface area contributed by atoms with E-state index in [4.69, 9.17) is 14.2 Å². The van der Waals surface area contributed by atoms with E-state index in [1.807, 2.05) is 0 Å². The van der Waals surface area contributed by atoms with E-state index >= 15 is 0 Å². The van der Waals surface area contributed by atoms with E-state index in [0.29, 0.717) is 15.8 Å². The molecule has 0 N–H and O–H groups in total. The summed E-state index contributed by atoms with van der Waals surface area (Å²) in [5.74, 6) is -1.24. The smallest absolute Gasteiger partial charge is 0.344 e. The van der Waals surface area contributed by atoms with Crippen molar-refractivity contribution in [2.45, 2.75) is 26.8 Å². The Morgan fingerprint density at radius 2 is 1.90 bits per heavy atom. The van der Waals surface area contributed by atoms with Crippen molar-refractivity contribution in [3.63, 3.8) is 0 Å². The predicted octanol–water partition coefficient (Wildman–Crippen LogP) is 3.38. The fourth-order valence-corrected chi connectivity index (χ4v) is 3.82. The number of nitrogens with zero attached hydrogens (tertiary/aromatic N) is 1. The van der Waals surface area contributed by atoms with Crippen molar-refractivity contribution < 1.29 is 33.4 Å². The minimum Gasteiger partial charge on any atom is -0.481 e. The van der Waals surface area contributed by atoms with Gasteiger partial charge in [0.2, 0.25) is 0 Å². The van der Waals surface area contributed by atoms with Gasteiger partial charge >= 0.3 is 11.9 Å². The van der Waals surface area contributed by atoms with Crippen molar-refractivity contribution in [2.75, 3.05) is 19.8 Å². The van der Waals surface area contributed by atoms with Crippen LogP contribution in [-0.4, -0.2) is 53.8 Å². The van der Waals surface area contributed by atoms with E-state index in [9.17, 15) is 19.2 Å². The number of benzene rings is 1. The van der Waals surface area contributed by atoms with Gasteiger partial charge in [0, 0.05) is 0 Å². The molecular weight excluding hydrogens is 466 g/mol. The normalized spacial score (nSPS) is 16.1. The van der Waals surface area contributed by atoms with Crippen LogP contribution in [0.1, 0.15) is 26.3 Å². The zero-order valence-electron chi connectivity index (χ0n) is 16.1. The van der Waals surface area contributed by atoms with Crippen LogP contribution in [0.25, 0.3) is 6.08 Å². The lowest BCUT2D eigenvalue weighted by molar-refractivity contribution is -0.150. The maximum absolute atomic E-state index is 12.6. The van der Waals surface area contributed by atoms with E-state index < -0.39 is 29.1 Å². The first-order chi connectivity index (χ1) is 13.8. The molecular formula is C19H20BrNO7S. The van der Waals surface area contributed by atoms with Crippen LogP contribution in [-0.2, 0) is 23.9 Å². The van der Waals surface area contributed by atoms with Gasteiger partial charge in [-0.15, -0.1) is 0 Å². The van der Waals surface area contributed by atoms with Crippen LogP contribution in [0.3, 0.4) is 0 Å². The number of hydrogen-bond acceptors (Lipinski definition) is 8. The van der Waals surface area contributed by atoms with Crippen LogP contribution in [0.15, 0.2) is 27.6 Å². The molecule has 1 saturated heterocycles. The number of hydrogen-bond donors (Lipinski definition) is 0. The maximum atomic E-state index is 12.6. The van der Waals surface area contributed by atoms with Crippen molar-refractivity contribution in [1.82, 2.24) is 4.90 Å². The van der Waals surface area contributed by atoms with Crippen LogP contribution in [0, 0.1) is 0 Å². The van der Waals surface area contributed by atoms with Crippen molar-refractivity contribution in [3.05, 3.63) is 33.1 Å². The first kappa shape index (κ1) is 23.0. The van der Waals surface area contributed by atoms with Gasteiger partial charge in [0.1, 0.15) is 11.8 Å². The van der Waals surface area contributed by atoms with Gasteiger partial charge in [-0.05, 0) is 72.2 Å². The van der Waals surface area contributed by atoms with Crippen molar-refractivity contribution in [2.24, 2.45) is 0 Å². The average Bonchev–Trinajstić information content (AvgIpc) is 2.94. The van der Waals surface area contributed by atoms with E-state index in [2.05, 4.69) is 15.9 Å². The van der Waals surface area contributed by atoms with Crippen LogP contribution < -0.4 is 4.74 Å². The molecule has 0 radical (unpaired) electrons. The number of carbonyl (C=O) groups is 4. The lowest BCUT2D eigenvalue weighted by Crippen LogP contribution is -2.42. The minimum atomic E-state index is -1.00. The summed E-state index contributed by atoms with van der Waals surface area (Å²) in [4.78, 5) is 49.1. The fourth-order valence-electron chi connectivity index (χ4n) is 2.40. The SMILES string of the molecule is CCOC(=O)COc1ccc(/C=C2/SC(=O)N([C@H](C)C(=O)OCC)C2=O)cc1Br. The van der Waals surface area contributed by atoms with Gasteiger partial charge in [-0.1, -0.05) is 6.07 Å². The Morgan fingerprint density at radius 3 is 2.52 bits per heavy atom. The highest BCUT2D eigenvalue weighted by Crippen LogP contribution is 2.35. The summed E-state index contributed by atoms with van der Waals surface area (Å²) in [5.41, 5.74) is 0.634. The summed E-state index contributed by atoms with van der Waals surface area (Å²) in [6.07, 6.45) is 1.54. The third kappa shape index (κ3) is 5.83. The highest BCUT2D eigenvalue weighted by molar-refractivity contribution is 9.10. The van der Waals surface area contributed by atoms with E-state index in [-0.39, 0.29) is 24.7 Å². The van der Waals surface area contributed by atoms with Crippen LogP contribution in [0.4, 0.5) is 4.79 Å². The van der Waals surface area contributed by atoms with Crippen LogP contribution in [0.5, 0.6) is 5.75 Å². The van der Waals surface area contributed by atoms with Gasteiger partial charge in [0.25, 0.3) is 11.1 Å². The topological polar surface area (TPSA) is 99.2 Å². The molecule has 1 aliphatic heterocycles. The average molecular weight is 486 g/mol. The second-order valence-corrected chi connectivity index (χ2v) is 7.61. The molecule has 8 nitrogen and oxygen atoms in total. The standard InChI is InChI=1S/C19H20BrNO7S/c1-4-26-16(22)10-28-14-7-6-12(8-13(14)20)9-15-17(23)21(19(25)29-15)11(3)18(24)27-5-2/h6-9,11H,4-5,10H2,1-3H3/b15-9+/t11-/m1/s1. The molecule has 2 rings (SSSR count). The third-order valence-electron chi connectivity index (χ3n) is 3.74. The summed E-state index contributed by atoms with van der Waals surface area (Å²) in [6.45, 7) is 5.01. The lowest BCUT2D eigenvalue weighted by atomic mass is 10.2. The van der Waals surface area contributed by atoms with E-state index in [1.54, 1.807) is 38.1 Å². The fraction of sp³-hybridized carbons (Fsp3) is 0.368. The summed E-state index contributed by atoms with van der Waals surface area (Å²) in [5, 5.41) is -0.532. The molecule has 0 saturated carbocycles. The third-order valence-corrected chi connectivity index (χ3v) is 5.25. The quantitative estimate of drug-likeness (QED) is 0.408. The number of rotatable bonds is 8. The number of halogens is 1. The lowest BCUT2D eigenvalue weighted by Gasteiger charge is -2.19. The molecule has 0 spiro atoms. The van der Waals surface area contributed by atoms with Gasteiger partial charge in [-0.25, -0.2) is 9.59 Å². The molecule has 10 heteroatoms. The van der Waals surface area contributed by atoms with Gasteiger partial charge in [-0.2, -0.15) is 0 Å². The number of imide groups is 1. The Morgan fingerprint density at radius 1 is 1.21 bits per heavy atom. The first-order valence-corrected chi connectivity index (χ1v) is 10.4. The molecule has 0 bridgehead atoms. The second-order valence-electron chi connectivity index (χ2n) is 5.76. The molecule has 2 amide bonds. The number of esters is 2. The monoisotopic (exact) mass is 485 g/mol. The number of carbonyl (C=O) groups excluding carboxylic acids is 4. The minimum absolute atomic E-state index is 0.161. The highest BCUT2D eigenvalue weighted by Gasteiger charge is 2.41. The summed E-state index contributed by atoms with van der Waals surface area (Å²) in [7, 11) is 0. The van der Waals surface area contributed by atoms with Crippen molar-refractivity contribution >= 4 is 56.9 Å². The van der Waals surface area contributed by atoms with Gasteiger partial charge in [0.05, 0.1) is 22.6 Å². The first-order valence-electron chi connectivity index (χ1n) is 8.80. The molecule has 1 aromatic rings. The Balaban J connectivity index is 2.12. The Bertz CT molecular complexity index is 855. The molecule has 1 heterocycles. The summed E-state index contributed by atoms with van der Waals surface area (Å²) < 4.78 is 15.6. The van der Waals surface area contributed by atoms with Crippen LogP contribution >= 0.6 is 27.7 Å². The Hall–Kier alpha value is -2.33. The zero-order valence-corrected chi connectivity index (χ0v) is 18.5. The number of thioether (sulfide) groups is 1. The van der Waals surface area contributed by atoms with Gasteiger partial charge in [0.15, 0.2) is 6.61 Å². The van der Waals surface area contributed by atoms with E-state index in [1.165, 1.54) is 6.92 Å². The van der Waals surface area contributed by atoms with Gasteiger partial charge in [-0.3, -0.25) is 14.5 Å². The molecule has 0 aliphatic carbocycles. The predicted molar refractivity (Wildman–Crippen MR) is 110 cm³/mol. The molecule has 1 aromatic carbocycles. The molecule has 0 aromatic heterocycles. The summed E-state index contributed by atoms with van der Waals surface area (Å²) in [6, 6.07) is 3.98. The van der Waals surface area contributed by atoms with Crippen molar-refractivity contribution in [1.29, 1.82) is 0 Å². The maximum Gasteiger partial charge on any atom is 0.344 e.